The fourth-order valence-electron chi connectivity index (χ4n) is 1.92. The monoisotopic (exact) mass is 247 g/mol. The first-order valence-electron chi connectivity index (χ1n) is 5.87. The average molecular weight is 247 g/mol. The highest BCUT2D eigenvalue weighted by Gasteiger charge is 2.17. The summed E-state index contributed by atoms with van der Waals surface area (Å²) in [6.45, 7) is 0.981. The van der Waals surface area contributed by atoms with Gasteiger partial charge in [-0.15, -0.1) is 0 Å². The number of carbonyl (C=O) groups is 1. The summed E-state index contributed by atoms with van der Waals surface area (Å²) in [5.74, 6) is -0.306. The number of rotatable bonds is 3. The number of amides is 1. The summed E-state index contributed by atoms with van der Waals surface area (Å²) in [6.07, 6.45) is 1.28. The number of hydrogen-bond acceptors (Lipinski definition) is 3. The van der Waals surface area contributed by atoms with Gasteiger partial charge in [0.05, 0.1) is 11.6 Å². The van der Waals surface area contributed by atoms with Crippen molar-refractivity contribution in [2.24, 2.45) is 0 Å². The minimum absolute atomic E-state index is 0.0672. The molecule has 94 valence electrons. The van der Waals surface area contributed by atoms with Gasteiger partial charge in [0.1, 0.15) is 5.82 Å². The third kappa shape index (κ3) is 3.05. The van der Waals surface area contributed by atoms with Crippen LogP contribution in [0.1, 0.15) is 24.0 Å². The summed E-state index contributed by atoms with van der Waals surface area (Å²) < 4.78 is 13.6. The van der Waals surface area contributed by atoms with Gasteiger partial charge in [-0.05, 0) is 18.6 Å². The smallest absolute Gasteiger partial charge is 0.220 e. The Hall–Kier alpha value is -1.93. The molecule has 0 aliphatic carbocycles. The molecular formula is C13H14FN3O. The van der Waals surface area contributed by atoms with Crippen molar-refractivity contribution in [3.63, 3.8) is 0 Å². The molecule has 1 aliphatic heterocycles. The zero-order valence-electron chi connectivity index (χ0n) is 9.87. The fourth-order valence-corrected chi connectivity index (χ4v) is 1.92. The van der Waals surface area contributed by atoms with Gasteiger partial charge in [0.2, 0.25) is 5.91 Å². The lowest BCUT2D eigenvalue weighted by Crippen LogP contribution is -2.45. The molecule has 1 unspecified atom stereocenters. The predicted molar refractivity (Wildman–Crippen MR) is 64.0 cm³/mol. The molecule has 1 aliphatic rings. The van der Waals surface area contributed by atoms with Gasteiger partial charge in [-0.3, -0.25) is 4.79 Å². The topological polar surface area (TPSA) is 64.9 Å². The first-order chi connectivity index (χ1) is 8.69. The summed E-state index contributed by atoms with van der Waals surface area (Å²) in [7, 11) is 0. The zero-order chi connectivity index (χ0) is 13.0. The fraction of sp³-hybridized carbons (Fsp3) is 0.385. The average Bonchev–Trinajstić information content (AvgIpc) is 2.39. The minimum Gasteiger partial charge on any atom is -0.355 e. The molecule has 4 nitrogen and oxygen atoms in total. The van der Waals surface area contributed by atoms with Crippen LogP contribution in [0.5, 0.6) is 0 Å². The van der Waals surface area contributed by atoms with Crippen molar-refractivity contribution in [1.82, 2.24) is 10.6 Å². The number of piperidine rings is 1. The van der Waals surface area contributed by atoms with Crippen LogP contribution in [0, 0.1) is 17.1 Å². The Bertz CT molecular complexity index is 485. The van der Waals surface area contributed by atoms with Crippen LogP contribution in [-0.2, 0) is 11.3 Å². The lowest BCUT2D eigenvalue weighted by atomic mass is 10.1. The maximum Gasteiger partial charge on any atom is 0.220 e. The van der Waals surface area contributed by atoms with E-state index in [1.165, 1.54) is 6.07 Å². The zero-order valence-corrected chi connectivity index (χ0v) is 9.87. The number of carbonyl (C=O) groups excluding carboxylic acids is 1. The molecule has 1 amide bonds. The van der Waals surface area contributed by atoms with Crippen molar-refractivity contribution in [3.8, 4) is 6.07 Å². The van der Waals surface area contributed by atoms with E-state index in [1.807, 2.05) is 6.07 Å². The number of nitrogens with zero attached hydrogens (tertiary/aromatic N) is 1. The molecule has 2 rings (SSSR count). The van der Waals surface area contributed by atoms with Gasteiger partial charge < -0.3 is 10.6 Å². The number of nitrogens with one attached hydrogen (secondary N) is 2. The summed E-state index contributed by atoms with van der Waals surface area (Å²) in [4.78, 5) is 11.0. The summed E-state index contributed by atoms with van der Waals surface area (Å²) in [5, 5.41) is 14.6. The van der Waals surface area contributed by atoms with Crippen LogP contribution >= 0.6 is 0 Å². The number of benzene rings is 1. The second kappa shape index (κ2) is 5.61. The standard InChI is InChI=1S/C13H14FN3O/c14-12-5-9(6-15)1-2-10(12)7-16-11-3-4-13(18)17-8-11/h1-2,5,11,16H,3-4,7-8H2,(H,17,18). The molecule has 1 saturated heterocycles. The molecule has 1 fully saturated rings. The van der Waals surface area contributed by atoms with E-state index in [-0.39, 0.29) is 17.8 Å². The number of hydrogen-bond donors (Lipinski definition) is 2. The van der Waals surface area contributed by atoms with Crippen molar-refractivity contribution in [1.29, 1.82) is 5.26 Å². The van der Waals surface area contributed by atoms with Crippen LogP contribution in [0.15, 0.2) is 18.2 Å². The lowest BCUT2D eigenvalue weighted by molar-refractivity contribution is -0.122. The van der Waals surface area contributed by atoms with E-state index < -0.39 is 0 Å². The van der Waals surface area contributed by atoms with E-state index in [0.29, 0.717) is 30.6 Å². The molecule has 0 radical (unpaired) electrons. The molecule has 2 N–H and O–H groups in total. The second-order valence-corrected chi connectivity index (χ2v) is 4.34. The highest BCUT2D eigenvalue weighted by Crippen LogP contribution is 2.11. The molecule has 0 aromatic heterocycles. The van der Waals surface area contributed by atoms with Gasteiger partial charge in [0.15, 0.2) is 0 Å². The Morgan fingerprint density at radius 3 is 3.00 bits per heavy atom. The van der Waals surface area contributed by atoms with Gasteiger partial charge in [0.25, 0.3) is 0 Å². The van der Waals surface area contributed by atoms with E-state index in [4.69, 9.17) is 5.26 Å². The van der Waals surface area contributed by atoms with Gasteiger partial charge >= 0.3 is 0 Å². The molecule has 1 aromatic carbocycles. The highest BCUT2D eigenvalue weighted by molar-refractivity contribution is 5.76. The number of halogens is 1. The first-order valence-corrected chi connectivity index (χ1v) is 5.87. The van der Waals surface area contributed by atoms with E-state index in [1.54, 1.807) is 12.1 Å². The van der Waals surface area contributed by atoms with Crippen molar-refractivity contribution in [3.05, 3.63) is 35.1 Å². The van der Waals surface area contributed by atoms with Crippen LogP contribution in [0.3, 0.4) is 0 Å². The third-order valence-corrected chi connectivity index (χ3v) is 3.03. The molecule has 5 heteroatoms. The maximum atomic E-state index is 13.6. The molecular weight excluding hydrogens is 233 g/mol. The molecule has 1 atom stereocenters. The molecule has 0 saturated carbocycles. The van der Waals surface area contributed by atoms with Gasteiger partial charge in [-0.25, -0.2) is 4.39 Å². The minimum atomic E-state index is -0.374. The Morgan fingerprint density at radius 1 is 1.56 bits per heavy atom. The maximum absolute atomic E-state index is 13.6. The molecule has 1 aromatic rings. The van der Waals surface area contributed by atoms with E-state index in [0.717, 1.165) is 6.42 Å². The second-order valence-electron chi connectivity index (χ2n) is 4.34. The van der Waals surface area contributed by atoms with Crippen LogP contribution in [0.25, 0.3) is 0 Å². The van der Waals surface area contributed by atoms with Crippen molar-refractivity contribution < 1.29 is 9.18 Å². The van der Waals surface area contributed by atoms with Crippen LogP contribution in [0.4, 0.5) is 4.39 Å². The molecule has 0 spiro atoms. The van der Waals surface area contributed by atoms with E-state index in [9.17, 15) is 9.18 Å². The van der Waals surface area contributed by atoms with Crippen molar-refractivity contribution in [2.45, 2.75) is 25.4 Å². The molecule has 1 heterocycles. The lowest BCUT2D eigenvalue weighted by Gasteiger charge is -2.23. The van der Waals surface area contributed by atoms with Gasteiger partial charge in [-0.1, -0.05) is 6.07 Å². The van der Waals surface area contributed by atoms with E-state index >= 15 is 0 Å². The predicted octanol–water partition coefficient (Wildman–Crippen LogP) is 1.07. The van der Waals surface area contributed by atoms with Crippen LogP contribution in [-0.4, -0.2) is 18.5 Å². The summed E-state index contributed by atoms with van der Waals surface area (Å²) in [5.41, 5.74) is 0.854. The number of nitriles is 1. The van der Waals surface area contributed by atoms with E-state index in [2.05, 4.69) is 10.6 Å². The quantitative estimate of drug-likeness (QED) is 0.839. The summed E-state index contributed by atoms with van der Waals surface area (Å²) >= 11 is 0. The van der Waals surface area contributed by atoms with Crippen LogP contribution < -0.4 is 10.6 Å². The Kier molecular flexibility index (Phi) is 3.90. The van der Waals surface area contributed by atoms with Crippen LogP contribution in [0.2, 0.25) is 0 Å². The Balaban J connectivity index is 1.90. The summed E-state index contributed by atoms with van der Waals surface area (Å²) in [6, 6.07) is 6.53. The Labute approximate surface area is 105 Å². The van der Waals surface area contributed by atoms with Crippen molar-refractivity contribution in [2.75, 3.05) is 6.54 Å². The largest absolute Gasteiger partial charge is 0.355 e. The van der Waals surface area contributed by atoms with Gasteiger partial charge in [0, 0.05) is 31.1 Å². The third-order valence-electron chi connectivity index (χ3n) is 3.03. The SMILES string of the molecule is N#Cc1ccc(CNC2CCC(=O)NC2)c(F)c1. The first kappa shape index (κ1) is 12.5. The normalized spacial score (nSPS) is 19.1. The molecule has 0 bridgehead atoms. The Morgan fingerprint density at radius 2 is 2.39 bits per heavy atom. The molecule has 18 heavy (non-hydrogen) atoms. The highest BCUT2D eigenvalue weighted by atomic mass is 19.1. The van der Waals surface area contributed by atoms with Crippen molar-refractivity contribution >= 4 is 5.91 Å². The van der Waals surface area contributed by atoms with Gasteiger partial charge in [-0.2, -0.15) is 5.26 Å².